The van der Waals surface area contributed by atoms with Gasteiger partial charge in [-0.3, -0.25) is 19.2 Å². The highest BCUT2D eigenvalue weighted by atomic mass is 16.5. The summed E-state index contributed by atoms with van der Waals surface area (Å²) in [6, 6.07) is 14.5. The topological polar surface area (TPSA) is 168 Å². The van der Waals surface area contributed by atoms with Crippen LogP contribution in [0.4, 0.5) is 0 Å². The largest absolute Gasteiger partial charge is 0.504 e. The minimum Gasteiger partial charge on any atom is -0.504 e. The van der Waals surface area contributed by atoms with E-state index in [1.54, 1.807) is 24.3 Å². The summed E-state index contributed by atoms with van der Waals surface area (Å²) in [6.07, 6.45) is 0.716. The normalized spacial score (nSPS) is 13.2. The molecule has 210 valence electrons. The van der Waals surface area contributed by atoms with Gasteiger partial charge in [0.1, 0.15) is 11.5 Å². The third-order valence-corrected chi connectivity index (χ3v) is 7.28. The Morgan fingerprint density at radius 2 is 0.786 bits per heavy atom. The van der Waals surface area contributed by atoms with Gasteiger partial charge in [0.25, 0.3) is 0 Å². The van der Waals surface area contributed by atoms with E-state index in [1.807, 2.05) is 0 Å². The zero-order valence-corrected chi connectivity index (χ0v) is 21.8. The van der Waals surface area contributed by atoms with Crippen LogP contribution >= 0.6 is 0 Å². The van der Waals surface area contributed by atoms with Crippen molar-refractivity contribution in [3.8, 4) is 34.5 Å². The molecule has 42 heavy (non-hydrogen) atoms. The predicted octanol–water partition coefficient (Wildman–Crippen LogP) is 4.30. The number of aromatic hydroxyl groups is 4. The van der Waals surface area contributed by atoms with Gasteiger partial charge >= 0.3 is 0 Å². The smallest absolute Gasteiger partial charge is 0.198 e. The predicted molar refractivity (Wildman–Crippen MR) is 146 cm³/mol. The fourth-order valence-electron chi connectivity index (χ4n) is 5.25. The molecule has 0 atom stereocenters. The summed E-state index contributed by atoms with van der Waals surface area (Å²) in [5.74, 6) is -4.99. The number of unbranched alkanes of at least 4 members (excludes halogenated alkanes) is 1. The number of carbonyl (C=O) groups excluding carboxylic acids is 4. The van der Waals surface area contributed by atoms with E-state index < -0.39 is 46.1 Å². The number of ether oxygens (including phenoxy) is 2. The van der Waals surface area contributed by atoms with Crippen molar-refractivity contribution < 1.29 is 49.1 Å². The summed E-state index contributed by atoms with van der Waals surface area (Å²) in [4.78, 5) is 52.4. The Bertz CT molecular complexity index is 1720. The van der Waals surface area contributed by atoms with Crippen LogP contribution in [0.5, 0.6) is 34.5 Å². The van der Waals surface area contributed by atoms with Crippen LogP contribution in [0.3, 0.4) is 0 Å². The number of benzene rings is 4. The maximum absolute atomic E-state index is 13.2. The van der Waals surface area contributed by atoms with Crippen molar-refractivity contribution in [1.29, 1.82) is 0 Å². The molecule has 0 saturated carbocycles. The van der Waals surface area contributed by atoms with E-state index in [1.165, 1.54) is 24.3 Å². The molecule has 10 nitrogen and oxygen atoms in total. The van der Waals surface area contributed by atoms with Crippen LogP contribution in [0.15, 0.2) is 60.7 Å². The number of carbonyl (C=O) groups is 4. The van der Waals surface area contributed by atoms with Crippen molar-refractivity contribution in [2.24, 2.45) is 0 Å². The molecule has 4 aromatic rings. The van der Waals surface area contributed by atoms with Crippen molar-refractivity contribution in [1.82, 2.24) is 0 Å². The maximum atomic E-state index is 13.2. The zero-order chi connectivity index (χ0) is 29.7. The van der Waals surface area contributed by atoms with Gasteiger partial charge in [0.15, 0.2) is 46.1 Å². The van der Waals surface area contributed by atoms with Crippen LogP contribution in [0.1, 0.15) is 76.5 Å². The van der Waals surface area contributed by atoms with E-state index in [-0.39, 0.29) is 69.2 Å². The molecule has 4 N–H and O–H groups in total. The summed E-state index contributed by atoms with van der Waals surface area (Å²) < 4.78 is 11.5. The van der Waals surface area contributed by atoms with Crippen molar-refractivity contribution in [3.05, 3.63) is 105 Å². The van der Waals surface area contributed by atoms with Gasteiger partial charge in [0.05, 0.1) is 35.5 Å². The number of hydrogen-bond acceptors (Lipinski definition) is 10. The van der Waals surface area contributed by atoms with E-state index >= 15 is 0 Å². The first-order chi connectivity index (χ1) is 20.2. The molecule has 6 rings (SSSR count). The molecule has 0 aromatic heterocycles. The number of rotatable bonds is 7. The molecule has 2 aliphatic rings. The standard InChI is InChI=1S/C32H22O10/c33-19-13-21(23-25(31(19)39)29(37)17-9-3-1-7-15(17)27(23)35)41-11-5-6-12-42-22-14-20(34)32(40)26-24(22)28(36)16-8-2-4-10-18(16)30(26)38/h1-4,7-10,13-14,33-34,39-40H,5-6,11-12H2. The Morgan fingerprint density at radius 1 is 0.476 bits per heavy atom. The Morgan fingerprint density at radius 3 is 1.12 bits per heavy atom. The number of ketones is 4. The van der Waals surface area contributed by atoms with E-state index in [0.717, 1.165) is 12.1 Å². The molecule has 0 aliphatic heterocycles. The third kappa shape index (κ3) is 4.03. The molecule has 0 saturated heterocycles. The van der Waals surface area contributed by atoms with Gasteiger partial charge in [-0.1, -0.05) is 48.5 Å². The quantitative estimate of drug-likeness (QED) is 0.162. The van der Waals surface area contributed by atoms with Gasteiger partial charge in [-0.2, -0.15) is 0 Å². The summed E-state index contributed by atoms with van der Waals surface area (Å²) in [5.41, 5.74) is -0.372. The van der Waals surface area contributed by atoms with Crippen LogP contribution in [-0.4, -0.2) is 56.8 Å². The fourth-order valence-corrected chi connectivity index (χ4v) is 5.25. The lowest BCUT2D eigenvalue weighted by atomic mass is 9.83. The van der Waals surface area contributed by atoms with Crippen LogP contribution in [0, 0.1) is 0 Å². The fraction of sp³-hybridized carbons (Fsp3) is 0.125. The van der Waals surface area contributed by atoms with Crippen LogP contribution < -0.4 is 9.47 Å². The van der Waals surface area contributed by atoms with E-state index in [4.69, 9.17) is 9.47 Å². The lowest BCUT2D eigenvalue weighted by Crippen LogP contribution is -2.22. The molecule has 0 unspecified atom stereocenters. The van der Waals surface area contributed by atoms with Gasteiger partial charge < -0.3 is 29.9 Å². The lowest BCUT2D eigenvalue weighted by Gasteiger charge is -2.22. The molecule has 0 radical (unpaired) electrons. The molecule has 0 spiro atoms. The molecule has 10 heteroatoms. The minimum absolute atomic E-state index is 0.0346. The number of fused-ring (bicyclic) bond motifs is 4. The van der Waals surface area contributed by atoms with Crippen molar-refractivity contribution >= 4 is 23.1 Å². The first-order valence-corrected chi connectivity index (χ1v) is 13.0. The van der Waals surface area contributed by atoms with Gasteiger partial charge in [-0.25, -0.2) is 0 Å². The van der Waals surface area contributed by atoms with Crippen molar-refractivity contribution in [2.45, 2.75) is 12.8 Å². The second-order valence-corrected chi connectivity index (χ2v) is 9.80. The first kappa shape index (κ1) is 26.6. The molecule has 0 fully saturated rings. The number of phenols is 4. The van der Waals surface area contributed by atoms with Gasteiger partial charge in [-0.15, -0.1) is 0 Å². The Balaban J connectivity index is 1.16. The molecule has 0 heterocycles. The molecule has 0 bridgehead atoms. The monoisotopic (exact) mass is 566 g/mol. The number of phenolic OH excluding ortho intramolecular Hbond substituents is 4. The summed E-state index contributed by atoms with van der Waals surface area (Å²) in [7, 11) is 0. The molecule has 0 amide bonds. The second-order valence-electron chi connectivity index (χ2n) is 9.80. The lowest BCUT2D eigenvalue weighted by molar-refractivity contribution is 0.0971. The SMILES string of the molecule is O=C1c2ccccc2C(=O)c2c(O)c(O)cc(OCCCCOc3cc(O)c(O)c4c3C(=O)c3ccccc3C4=O)c21. The minimum atomic E-state index is -0.699. The Labute approximate surface area is 238 Å². The van der Waals surface area contributed by atoms with Gasteiger partial charge in [0, 0.05) is 34.4 Å². The summed E-state index contributed by atoms with van der Waals surface area (Å²) in [6.45, 7) is 0.0692. The van der Waals surface area contributed by atoms with Gasteiger partial charge in [-0.05, 0) is 12.8 Å². The van der Waals surface area contributed by atoms with Crippen LogP contribution in [-0.2, 0) is 0 Å². The van der Waals surface area contributed by atoms with Gasteiger partial charge in [0.2, 0.25) is 0 Å². The molecule has 4 aromatic carbocycles. The Kier molecular flexibility index (Phi) is 6.38. The highest BCUT2D eigenvalue weighted by Gasteiger charge is 2.37. The van der Waals surface area contributed by atoms with E-state index in [9.17, 15) is 39.6 Å². The van der Waals surface area contributed by atoms with E-state index in [0.29, 0.717) is 12.8 Å². The zero-order valence-electron chi connectivity index (χ0n) is 21.8. The highest BCUT2D eigenvalue weighted by Crippen LogP contribution is 2.44. The van der Waals surface area contributed by atoms with Crippen LogP contribution in [0.2, 0.25) is 0 Å². The van der Waals surface area contributed by atoms with Crippen molar-refractivity contribution in [3.63, 3.8) is 0 Å². The number of hydrogen-bond donors (Lipinski definition) is 4. The highest BCUT2D eigenvalue weighted by molar-refractivity contribution is 6.31. The van der Waals surface area contributed by atoms with Crippen LogP contribution in [0.25, 0.3) is 0 Å². The third-order valence-electron chi connectivity index (χ3n) is 7.28. The first-order valence-electron chi connectivity index (χ1n) is 13.0. The second kappa shape index (κ2) is 10.1. The molecule has 2 aliphatic carbocycles. The average molecular weight is 567 g/mol. The molecular formula is C32H22O10. The van der Waals surface area contributed by atoms with Crippen molar-refractivity contribution in [2.75, 3.05) is 13.2 Å². The summed E-state index contributed by atoms with van der Waals surface area (Å²) in [5, 5.41) is 41.2. The molecular weight excluding hydrogens is 544 g/mol. The summed E-state index contributed by atoms with van der Waals surface area (Å²) >= 11 is 0. The maximum Gasteiger partial charge on any atom is 0.198 e. The van der Waals surface area contributed by atoms with E-state index in [2.05, 4.69) is 0 Å². The Hall–Kier alpha value is -5.64. The average Bonchev–Trinajstić information content (AvgIpc) is 2.99.